The van der Waals surface area contributed by atoms with Gasteiger partial charge in [-0.2, -0.15) is 5.10 Å². The van der Waals surface area contributed by atoms with Gasteiger partial charge in [-0.25, -0.2) is 14.5 Å². The van der Waals surface area contributed by atoms with E-state index in [1.54, 1.807) is 0 Å². The minimum Gasteiger partial charge on any atom is -0.465 e. The Morgan fingerprint density at radius 3 is 2.13 bits per heavy atom. The molecule has 5 rings (SSSR count). The fourth-order valence-electron chi connectivity index (χ4n) is 8.42. The summed E-state index contributed by atoms with van der Waals surface area (Å²) in [5.74, 6) is 0. The average molecular weight is 529 g/mol. The Hall–Kier alpha value is -1.32. The molecule has 4 aliphatic carbocycles. The summed E-state index contributed by atoms with van der Waals surface area (Å²) in [5, 5.41) is 23.0. The molecule has 0 spiro atoms. The van der Waals surface area contributed by atoms with Crippen molar-refractivity contribution in [3.63, 3.8) is 0 Å². The van der Waals surface area contributed by atoms with Crippen LogP contribution in [0.2, 0.25) is 0 Å². The number of imide groups is 1. The van der Waals surface area contributed by atoms with Crippen molar-refractivity contribution in [2.24, 2.45) is 21.7 Å². The van der Waals surface area contributed by atoms with Crippen LogP contribution < -0.4 is 0 Å². The van der Waals surface area contributed by atoms with Gasteiger partial charge >= 0.3 is 12.2 Å². The summed E-state index contributed by atoms with van der Waals surface area (Å²) in [6.45, 7) is 8.02. The summed E-state index contributed by atoms with van der Waals surface area (Å²) in [6.07, 6.45) is 7.87. The summed E-state index contributed by atoms with van der Waals surface area (Å²) < 4.78 is 3.39. The van der Waals surface area contributed by atoms with Crippen LogP contribution in [0.1, 0.15) is 70.9 Å². The Morgan fingerprint density at radius 2 is 1.63 bits per heavy atom. The second kappa shape index (κ2) is 7.10. The Morgan fingerprint density at radius 1 is 1.07 bits per heavy atom. The zero-order chi connectivity index (χ0) is 21.9. The van der Waals surface area contributed by atoms with Crippen LogP contribution in [0, 0.1) is 32.2 Å². The molecule has 2 N–H and O–H groups in total. The molecular weight excluding hydrogens is 497 g/mol. The number of halogens is 1. The Labute approximate surface area is 191 Å². The largest absolute Gasteiger partial charge is 0.465 e. The number of hydrogen-bond donors (Lipinski definition) is 2. The number of carbonyl (C=O) groups is 2. The molecule has 1 aromatic heterocycles. The summed E-state index contributed by atoms with van der Waals surface area (Å²) in [7, 11) is 0. The van der Waals surface area contributed by atoms with Gasteiger partial charge in [0.05, 0.1) is 9.77 Å². The molecule has 4 bridgehead atoms. The topological polar surface area (TPSA) is 95.7 Å². The molecular formula is C22H32IN3O4. The minimum atomic E-state index is -1.38. The van der Waals surface area contributed by atoms with Gasteiger partial charge in [0.1, 0.15) is 0 Å². The Bertz CT molecular complexity index is 850. The first kappa shape index (κ1) is 21.9. The van der Waals surface area contributed by atoms with Gasteiger partial charge in [-0.1, -0.05) is 13.8 Å². The van der Waals surface area contributed by atoms with E-state index in [1.807, 2.05) is 6.20 Å². The lowest BCUT2D eigenvalue weighted by Crippen LogP contribution is -2.60. The van der Waals surface area contributed by atoms with Crippen LogP contribution in [0.3, 0.4) is 0 Å². The molecule has 1 aromatic rings. The molecule has 0 aromatic carbocycles. The molecule has 1 heterocycles. The first-order chi connectivity index (χ1) is 13.9. The molecule has 4 fully saturated rings. The van der Waals surface area contributed by atoms with Gasteiger partial charge in [0, 0.05) is 18.8 Å². The molecule has 2 atom stereocenters. The van der Waals surface area contributed by atoms with E-state index in [2.05, 4.69) is 53.1 Å². The lowest BCUT2D eigenvalue weighted by molar-refractivity contribution is -0.198. The highest BCUT2D eigenvalue weighted by Crippen LogP contribution is 2.74. The predicted octanol–water partition coefficient (Wildman–Crippen LogP) is 5.60. The SMILES string of the molecule is Cc1c(I)cnn1CC12CC3(C)CC(C)(CC(CCCN(C(=O)O)C(=O)O)(C3)C1)C2. The van der Waals surface area contributed by atoms with E-state index in [0.717, 1.165) is 19.4 Å². The van der Waals surface area contributed by atoms with Gasteiger partial charge in [-0.05, 0) is 103 Å². The van der Waals surface area contributed by atoms with Crippen molar-refractivity contribution >= 4 is 34.8 Å². The maximum atomic E-state index is 11.2. The second-order valence-electron chi connectivity index (χ2n) is 11.2. The summed E-state index contributed by atoms with van der Waals surface area (Å²) in [5.41, 5.74) is 2.23. The molecule has 0 radical (unpaired) electrons. The van der Waals surface area contributed by atoms with Gasteiger partial charge < -0.3 is 10.2 Å². The third-order valence-corrected chi connectivity index (χ3v) is 8.95. The van der Waals surface area contributed by atoms with Crippen molar-refractivity contribution in [3.8, 4) is 0 Å². The standard InChI is InChI=1S/C22H32IN3O4/c1-15-16(23)7-24-26(15)14-22-11-19(2)8-20(3,12-22)10-21(9-19,13-22)5-4-6-25(17(27)28)18(29)30/h7H,4-6,8-14H2,1-3H3,(H,27,28)(H,29,30). The summed E-state index contributed by atoms with van der Waals surface area (Å²) >= 11 is 2.35. The van der Waals surface area contributed by atoms with Crippen LogP contribution in [0.25, 0.3) is 0 Å². The van der Waals surface area contributed by atoms with E-state index < -0.39 is 12.2 Å². The predicted molar refractivity (Wildman–Crippen MR) is 120 cm³/mol. The van der Waals surface area contributed by atoms with Crippen molar-refractivity contribution in [2.75, 3.05) is 6.54 Å². The zero-order valence-electron chi connectivity index (χ0n) is 18.1. The smallest absolute Gasteiger partial charge is 0.416 e. The van der Waals surface area contributed by atoms with Crippen molar-refractivity contribution in [1.29, 1.82) is 0 Å². The van der Waals surface area contributed by atoms with Crippen LogP contribution in [0.15, 0.2) is 6.20 Å². The summed E-state index contributed by atoms with van der Waals surface area (Å²) in [4.78, 5) is 23.0. The van der Waals surface area contributed by atoms with Gasteiger partial charge in [-0.15, -0.1) is 0 Å². The zero-order valence-corrected chi connectivity index (χ0v) is 20.2. The molecule has 0 aliphatic heterocycles. The van der Waals surface area contributed by atoms with Gasteiger partial charge in [-0.3, -0.25) is 4.68 Å². The highest BCUT2D eigenvalue weighted by molar-refractivity contribution is 14.1. The highest BCUT2D eigenvalue weighted by Gasteiger charge is 2.65. The molecule has 4 saturated carbocycles. The van der Waals surface area contributed by atoms with E-state index in [9.17, 15) is 9.59 Å². The molecule has 7 nitrogen and oxygen atoms in total. The molecule has 166 valence electrons. The summed E-state index contributed by atoms with van der Waals surface area (Å²) in [6, 6.07) is 0. The monoisotopic (exact) mass is 529 g/mol. The lowest BCUT2D eigenvalue weighted by atomic mass is 9.35. The quantitative estimate of drug-likeness (QED) is 0.468. The van der Waals surface area contributed by atoms with Crippen molar-refractivity contribution in [3.05, 3.63) is 15.5 Å². The number of amides is 2. The number of carboxylic acid groups (broad SMARTS) is 2. The second-order valence-corrected chi connectivity index (χ2v) is 12.4. The Balaban J connectivity index is 1.56. The van der Waals surface area contributed by atoms with Crippen LogP contribution in [-0.4, -0.2) is 43.6 Å². The van der Waals surface area contributed by atoms with Gasteiger partial charge in [0.15, 0.2) is 0 Å². The number of aromatic nitrogens is 2. The van der Waals surface area contributed by atoms with E-state index in [0.29, 0.717) is 22.2 Å². The fourth-order valence-corrected chi connectivity index (χ4v) is 8.82. The van der Waals surface area contributed by atoms with Gasteiger partial charge in [0.2, 0.25) is 0 Å². The third-order valence-electron chi connectivity index (χ3n) is 7.89. The first-order valence-corrected chi connectivity index (χ1v) is 11.9. The molecule has 4 aliphatic rings. The lowest BCUT2D eigenvalue weighted by Gasteiger charge is -2.70. The average Bonchev–Trinajstić information content (AvgIpc) is 2.86. The van der Waals surface area contributed by atoms with E-state index in [1.165, 1.54) is 41.4 Å². The fraction of sp³-hybridized carbons (Fsp3) is 0.773. The first-order valence-electron chi connectivity index (χ1n) is 10.8. The van der Waals surface area contributed by atoms with E-state index in [4.69, 9.17) is 10.2 Å². The van der Waals surface area contributed by atoms with Crippen LogP contribution >= 0.6 is 22.6 Å². The molecule has 2 unspecified atom stereocenters. The number of nitrogens with zero attached hydrogens (tertiary/aromatic N) is 3. The number of rotatable bonds is 6. The van der Waals surface area contributed by atoms with Crippen LogP contribution in [0.4, 0.5) is 9.59 Å². The molecule has 8 heteroatoms. The van der Waals surface area contributed by atoms with Crippen LogP contribution in [0.5, 0.6) is 0 Å². The van der Waals surface area contributed by atoms with Crippen LogP contribution in [-0.2, 0) is 6.54 Å². The maximum Gasteiger partial charge on any atom is 0.416 e. The maximum absolute atomic E-state index is 11.2. The minimum absolute atomic E-state index is 0.0588. The number of hydrogen-bond acceptors (Lipinski definition) is 3. The van der Waals surface area contributed by atoms with Crippen molar-refractivity contribution in [1.82, 2.24) is 14.7 Å². The molecule has 2 amide bonds. The highest BCUT2D eigenvalue weighted by atomic mass is 127. The van der Waals surface area contributed by atoms with Gasteiger partial charge in [0.25, 0.3) is 0 Å². The van der Waals surface area contributed by atoms with E-state index in [-0.39, 0.29) is 17.4 Å². The van der Waals surface area contributed by atoms with E-state index >= 15 is 0 Å². The third kappa shape index (κ3) is 3.84. The normalized spacial score (nSPS) is 36.8. The van der Waals surface area contributed by atoms with Crippen molar-refractivity contribution < 1.29 is 19.8 Å². The molecule has 0 saturated heterocycles. The Kier molecular flexibility index (Phi) is 5.18. The molecule has 30 heavy (non-hydrogen) atoms. The van der Waals surface area contributed by atoms with Crippen molar-refractivity contribution in [2.45, 2.75) is 78.7 Å².